The molecule has 1 heterocycles. The number of benzene rings is 2. The van der Waals surface area contributed by atoms with E-state index in [1.165, 1.54) is 17.8 Å². The Morgan fingerprint density at radius 3 is 2.59 bits per heavy atom. The topological polar surface area (TPSA) is 84.1 Å². The van der Waals surface area contributed by atoms with E-state index in [0.717, 1.165) is 10.6 Å². The summed E-state index contributed by atoms with van der Waals surface area (Å²) >= 11 is 2.80. The van der Waals surface area contributed by atoms with Gasteiger partial charge in [-0.25, -0.2) is 4.98 Å². The SMILES string of the molecule is CCOc1ccc(NC(=O)CSc2nc(CSc3ccccc3)cc(=O)[nH]2)cc1. The number of hydrogen-bond donors (Lipinski definition) is 2. The van der Waals surface area contributed by atoms with E-state index in [1.54, 1.807) is 36.0 Å². The van der Waals surface area contributed by atoms with E-state index in [-0.39, 0.29) is 17.2 Å². The number of H-pyrrole nitrogens is 1. The first kappa shape index (κ1) is 21.0. The summed E-state index contributed by atoms with van der Waals surface area (Å²) < 4.78 is 5.38. The third kappa shape index (κ3) is 6.99. The molecule has 29 heavy (non-hydrogen) atoms. The van der Waals surface area contributed by atoms with Gasteiger partial charge in [-0.1, -0.05) is 30.0 Å². The van der Waals surface area contributed by atoms with E-state index in [9.17, 15) is 9.59 Å². The van der Waals surface area contributed by atoms with Gasteiger partial charge in [0.1, 0.15) is 5.75 Å². The Hall–Kier alpha value is -2.71. The lowest BCUT2D eigenvalue weighted by molar-refractivity contribution is -0.113. The summed E-state index contributed by atoms with van der Waals surface area (Å²) in [6, 6.07) is 18.6. The second kappa shape index (κ2) is 10.7. The van der Waals surface area contributed by atoms with Crippen LogP contribution in [0.1, 0.15) is 12.6 Å². The molecule has 3 aromatic rings. The minimum Gasteiger partial charge on any atom is -0.494 e. The zero-order chi connectivity index (χ0) is 20.5. The third-order valence-electron chi connectivity index (χ3n) is 3.69. The van der Waals surface area contributed by atoms with Gasteiger partial charge in [0.2, 0.25) is 5.91 Å². The molecule has 0 saturated heterocycles. The van der Waals surface area contributed by atoms with E-state index >= 15 is 0 Å². The van der Waals surface area contributed by atoms with Crippen molar-refractivity contribution >= 4 is 35.1 Å². The zero-order valence-corrected chi connectivity index (χ0v) is 17.5. The van der Waals surface area contributed by atoms with Crippen LogP contribution in [0.25, 0.3) is 0 Å². The highest BCUT2D eigenvalue weighted by Gasteiger charge is 2.08. The highest BCUT2D eigenvalue weighted by atomic mass is 32.2. The van der Waals surface area contributed by atoms with Gasteiger partial charge in [0.15, 0.2) is 5.16 Å². The maximum absolute atomic E-state index is 12.2. The van der Waals surface area contributed by atoms with Gasteiger partial charge in [-0.05, 0) is 43.3 Å². The summed E-state index contributed by atoms with van der Waals surface area (Å²) in [6.07, 6.45) is 0. The van der Waals surface area contributed by atoms with Crippen LogP contribution in [0.4, 0.5) is 5.69 Å². The molecule has 0 radical (unpaired) electrons. The number of carbonyl (C=O) groups excluding carboxylic acids is 1. The molecular formula is C21H21N3O3S2. The van der Waals surface area contributed by atoms with Gasteiger partial charge in [0, 0.05) is 22.4 Å². The van der Waals surface area contributed by atoms with Crippen LogP contribution in [0.3, 0.4) is 0 Å². The van der Waals surface area contributed by atoms with Gasteiger partial charge in [-0.15, -0.1) is 11.8 Å². The standard InChI is InChI=1S/C21H21N3O3S2/c1-2-27-17-10-8-15(9-11-17)22-20(26)14-29-21-23-16(12-19(25)24-21)13-28-18-6-4-3-5-7-18/h3-12H,2,13-14H2,1H3,(H,22,26)(H,23,24,25). The lowest BCUT2D eigenvalue weighted by atomic mass is 10.3. The maximum atomic E-state index is 12.2. The number of nitrogens with zero attached hydrogens (tertiary/aromatic N) is 1. The Bertz CT molecular complexity index is 992. The Morgan fingerprint density at radius 2 is 1.86 bits per heavy atom. The maximum Gasteiger partial charge on any atom is 0.251 e. The molecule has 0 aliphatic rings. The Morgan fingerprint density at radius 1 is 1.10 bits per heavy atom. The van der Waals surface area contributed by atoms with Gasteiger partial charge in [0.05, 0.1) is 18.1 Å². The first-order chi connectivity index (χ1) is 14.1. The molecule has 1 aromatic heterocycles. The molecular weight excluding hydrogens is 406 g/mol. The fourth-order valence-electron chi connectivity index (χ4n) is 2.43. The van der Waals surface area contributed by atoms with Gasteiger partial charge < -0.3 is 15.0 Å². The highest BCUT2D eigenvalue weighted by Crippen LogP contribution is 2.22. The summed E-state index contributed by atoms with van der Waals surface area (Å²) in [5.74, 6) is 1.31. The number of hydrogen-bond acceptors (Lipinski definition) is 6. The lowest BCUT2D eigenvalue weighted by Crippen LogP contribution is -2.15. The molecule has 0 aliphatic carbocycles. The minimum atomic E-state index is -0.224. The van der Waals surface area contributed by atoms with E-state index in [0.29, 0.717) is 28.9 Å². The number of anilines is 1. The molecule has 0 aliphatic heterocycles. The van der Waals surface area contributed by atoms with Gasteiger partial charge in [0.25, 0.3) is 5.56 Å². The van der Waals surface area contributed by atoms with Crippen LogP contribution in [-0.4, -0.2) is 28.2 Å². The van der Waals surface area contributed by atoms with Crippen molar-refractivity contribution in [2.24, 2.45) is 0 Å². The van der Waals surface area contributed by atoms with E-state index in [4.69, 9.17) is 4.74 Å². The molecule has 2 N–H and O–H groups in total. The summed E-state index contributed by atoms with van der Waals surface area (Å²) in [5, 5.41) is 3.25. The normalized spacial score (nSPS) is 10.5. The molecule has 0 fully saturated rings. The summed E-state index contributed by atoms with van der Waals surface area (Å²) in [5.41, 5.74) is 1.14. The number of thioether (sulfide) groups is 2. The van der Waals surface area contributed by atoms with Crippen molar-refractivity contribution in [1.82, 2.24) is 9.97 Å². The van der Waals surface area contributed by atoms with Crippen LogP contribution in [0.2, 0.25) is 0 Å². The minimum absolute atomic E-state index is 0.144. The van der Waals surface area contributed by atoms with Crippen molar-refractivity contribution in [3.05, 3.63) is 76.7 Å². The van der Waals surface area contributed by atoms with Crippen LogP contribution >= 0.6 is 23.5 Å². The summed E-state index contributed by atoms with van der Waals surface area (Å²) in [4.78, 5) is 32.3. The monoisotopic (exact) mass is 427 g/mol. The fourth-order valence-corrected chi connectivity index (χ4v) is 3.94. The lowest BCUT2D eigenvalue weighted by Gasteiger charge is -2.07. The predicted octanol–water partition coefficient (Wildman–Crippen LogP) is 4.19. The number of aromatic nitrogens is 2. The smallest absolute Gasteiger partial charge is 0.251 e. The molecule has 0 unspecified atom stereocenters. The molecule has 3 rings (SSSR count). The number of rotatable bonds is 9. The van der Waals surface area contributed by atoms with Crippen LogP contribution in [0.15, 0.2) is 75.5 Å². The van der Waals surface area contributed by atoms with Crippen molar-refractivity contribution in [3.63, 3.8) is 0 Å². The molecule has 0 spiro atoms. The first-order valence-electron chi connectivity index (χ1n) is 9.06. The molecule has 0 saturated carbocycles. The molecule has 6 nitrogen and oxygen atoms in total. The zero-order valence-electron chi connectivity index (χ0n) is 15.9. The van der Waals surface area contributed by atoms with Gasteiger partial charge >= 0.3 is 0 Å². The number of amides is 1. The number of carbonyl (C=O) groups is 1. The van der Waals surface area contributed by atoms with Crippen molar-refractivity contribution < 1.29 is 9.53 Å². The van der Waals surface area contributed by atoms with E-state index in [2.05, 4.69) is 15.3 Å². The number of aromatic amines is 1. The van der Waals surface area contributed by atoms with Gasteiger partial charge in [-0.2, -0.15) is 0 Å². The Kier molecular flexibility index (Phi) is 7.77. The van der Waals surface area contributed by atoms with Crippen molar-refractivity contribution in [1.29, 1.82) is 0 Å². The van der Waals surface area contributed by atoms with E-state index in [1.807, 2.05) is 37.3 Å². The second-order valence-corrected chi connectivity index (χ2v) is 7.95. The Balaban J connectivity index is 1.53. The summed E-state index contributed by atoms with van der Waals surface area (Å²) in [6.45, 7) is 2.51. The van der Waals surface area contributed by atoms with Gasteiger partial charge in [-0.3, -0.25) is 9.59 Å². The van der Waals surface area contributed by atoms with Crippen LogP contribution < -0.4 is 15.6 Å². The average Bonchev–Trinajstić information content (AvgIpc) is 2.73. The highest BCUT2D eigenvalue weighted by molar-refractivity contribution is 7.99. The molecule has 150 valence electrons. The molecule has 2 aromatic carbocycles. The van der Waals surface area contributed by atoms with Crippen molar-refractivity contribution in [2.45, 2.75) is 22.7 Å². The molecule has 0 atom stereocenters. The molecule has 8 heteroatoms. The second-order valence-electron chi connectivity index (χ2n) is 5.94. The summed E-state index contributed by atoms with van der Waals surface area (Å²) in [7, 11) is 0. The average molecular weight is 428 g/mol. The predicted molar refractivity (Wildman–Crippen MR) is 118 cm³/mol. The van der Waals surface area contributed by atoms with Crippen LogP contribution in [0.5, 0.6) is 5.75 Å². The molecule has 0 bridgehead atoms. The van der Waals surface area contributed by atoms with Crippen molar-refractivity contribution in [3.8, 4) is 5.75 Å². The quantitative estimate of drug-likeness (QED) is 0.393. The van der Waals surface area contributed by atoms with Crippen LogP contribution in [0, 0.1) is 0 Å². The fraction of sp³-hybridized carbons (Fsp3) is 0.190. The number of ether oxygens (including phenoxy) is 1. The third-order valence-corrected chi connectivity index (χ3v) is 5.61. The Labute approximate surface area is 177 Å². The molecule has 1 amide bonds. The van der Waals surface area contributed by atoms with Crippen molar-refractivity contribution in [2.75, 3.05) is 17.7 Å². The first-order valence-corrected chi connectivity index (χ1v) is 11.0. The van der Waals surface area contributed by atoms with E-state index < -0.39 is 0 Å². The van der Waals surface area contributed by atoms with Crippen LogP contribution in [-0.2, 0) is 10.5 Å². The largest absolute Gasteiger partial charge is 0.494 e. The number of nitrogens with one attached hydrogen (secondary N) is 2.